The van der Waals surface area contributed by atoms with Crippen molar-refractivity contribution in [3.05, 3.63) is 42.8 Å². The van der Waals surface area contributed by atoms with Crippen LogP contribution in [0, 0.1) is 6.92 Å². The first-order valence-electron chi connectivity index (χ1n) is 7.80. The molecule has 107 valence electrons. The molecular formula is C18H29O. The molecule has 0 spiro atoms. The Hall–Kier alpha value is -0.820. The summed E-state index contributed by atoms with van der Waals surface area (Å²) in [7, 11) is 0. The molecule has 0 N–H and O–H groups in total. The van der Waals surface area contributed by atoms with Gasteiger partial charge in [-0.15, -0.1) is 0 Å². The monoisotopic (exact) mass is 261 g/mol. The van der Waals surface area contributed by atoms with Crippen molar-refractivity contribution in [1.82, 2.24) is 0 Å². The minimum atomic E-state index is 0.691. The number of unbranched alkanes of at least 4 members (excludes halogenated alkanes) is 3. The van der Waals surface area contributed by atoms with Crippen LogP contribution < -0.4 is 0 Å². The highest BCUT2D eigenvalue weighted by atomic mass is 16.5. The molecular weight excluding hydrogens is 232 g/mol. The van der Waals surface area contributed by atoms with Crippen molar-refractivity contribution in [2.75, 3.05) is 13.2 Å². The van der Waals surface area contributed by atoms with Gasteiger partial charge in [0.15, 0.2) is 0 Å². The molecule has 0 fully saturated rings. The average Bonchev–Trinajstić information content (AvgIpc) is 2.47. The van der Waals surface area contributed by atoms with Crippen molar-refractivity contribution < 1.29 is 4.74 Å². The molecule has 1 aromatic rings. The fourth-order valence-corrected chi connectivity index (χ4v) is 2.42. The molecule has 0 aliphatic carbocycles. The molecule has 0 bridgehead atoms. The van der Waals surface area contributed by atoms with E-state index in [4.69, 9.17) is 4.74 Å². The van der Waals surface area contributed by atoms with E-state index in [2.05, 4.69) is 44.2 Å². The fraction of sp³-hybridized carbons (Fsp3) is 0.611. The van der Waals surface area contributed by atoms with Crippen LogP contribution in [0.1, 0.15) is 63.4 Å². The average molecular weight is 261 g/mol. The minimum Gasteiger partial charge on any atom is -0.381 e. The van der Waals surface area contributed by atoms with E-state index in [0.717, 1.165) is 19.6 Å². The molecule has 1 heteroatoms. The molecule has 0 saturated carbocycles. The lowest BCUT2D eigenvalue weighted by Crippen LogP contribution is -2.02. The standard InChI is InChI=1S/C18H29O/c1-3-5-6-10-15-19-16-11-14-17(4-2)18-12-8-7-9-13-18/h7-9,12-13,17H,1,3-6,10-11,14-16H2,2H3. The summed E-state index contributed by atoms with van der Waals surface area (Å²) in [5.41, 5.74) is 1.47. The van der Waals surface area contributed by atoms with E-state index in [0.29, 0.717) is 5.92 Å². The number of ether oxygens (including phenoxy) is 1. The van der Waals surface area contributed by atoms with Gasteiger partial charge in [0.05, 0.1) is 0 Å². The van der Waals surface area contributed by atoms with Crippen molar-refractivity contribution in [3.63, 3.8) is 0 Å². The van der Waals surface area contributed by atoms with Crippen LogP contribution in [0.3, 0.4) is 0 Å². The summed E-state index contributed by atoms with van der Waals surface area (Å²) in [4.78, 5) is 0. The number of hydrogen-bond donors (Lipinski definition) is 0. The van der Waals surface area contributed by atoms with Crippen molar-refractivity contribution >= 4 is 0 Å². The Kier molecular flexibility index (Phi) is 9.44. The normalized spacial score (nSPS) is 12.5. The summed E-state index contributed by atoms with van der Waals surface area (Å²) in [6.45, 7) is 7.95. The largest absolute Gasteiger partial charge is 0.381 e. The van der Waals surface area contributed by atoms with Gasteiger partial charge in [0.25, 0.3) is 0 Å². The predicted molar refractivity (Wildman–Crippen MR) is 83.4 cm³/mol. The first kappa shape index (κ1) is 16.2. The highest BCUT2D eigenvalue weighted by Crippen LogP contribution is 2.24. The van der Waals surface area contributed by atoms with Gasteiger partial charge in [-0.25, -0.2) is 0 Å². The van der Waals surface area contributed by atoms with Crippen LogP contribution in [0.4, 0.5) is 0 Å². The molecule has 1 radical (unpaired) electrons. The van der Waals surface area contributed by atoms with E-state index >= 15 is 0 Å². The third kappa shape index (κ3) is 7.37. The molecule has 1 unspecified atom stereocenters. The van der Waals surface area contributed by atoms with E-state index in [1.54, 1.807) is 0 Å². The quantitative estimate of drug-likeness (QED) is 0.486. The minimum absolute atomic E-state index is 0.691. The third-order valence-corrected chi connectivity index (χ3v) is 3.64. The molecule has 1 nitrogen and oxygen atoms in total. The summed E-state index contributed by atoms with van der Waals surface area (Å²) in [6, 6.07) is 10.8. The molecule has 0 saturated heterocycles. The highest BCUT2D eigenvalue weighted by molar-refractivity contribution is 5.19. The van der Waals surface area contributed by atoms with E-state index in [1.165, 1.54) is 44.1 Å². The molecule has 1 rings (SSSR count). The Morgan fingerprint density at radius 2 is 1.74 bits per heavy atom. The summed E-state index contributed by atoms with van der Waals surface area (Å²) >= 11 is 0. The maximum atomic E-state index is 5.69. The van der Waals surface area contributed by atoms with Gasteiger partial charge in [0.2, 0.25) is 0 Å². The highest BCUT2D eigenvalue weighted by Gasteiger charge is 2.08. The van der Waals surface area contributed by atoms with Gasteiger partial charge in [-0.3, -0.25) is 0 Å². The van der Waals surface area contributed by atoms with E-state index in [-0.39, 0.29) is 0 Å². The molecule has 0 amide bonds. The lowest BCUT2D eigenvalue weighted by molar-refractivity contribution is 0.125. The smallest absolute Gasteiger partial charge is 0.0466 e. The van der Waals surface area contributed by atoms with Crippen molar-refractivity contribution in [1.29, 1.82) is 0 Å². The Bertz CT molecular complexity index is 294. The van der Waals surface area contributed by atoms with E-state index in [1.807, 2.05) is 0 Å². The second-order valence-electron chi connectivity index (χ2n) is 5.18. The summed E-state index contributed by atoms with van der Waals surface area (Å²) in [6.07, 6.45) is 8.34. The van der Waals surface area contributed by atoms with Crippen LogP contribution >= 0.6 is 0 Å². The first-order valence-corrected chi connectivity index (χ1v) is 7.80. The molecule has 1 atom stereocenters. The van der Waals surface area contributed by atoms with Gasteiger partial charge in [-0.1, -0.05) is 63.4 Å². The summed E-state index contributed by atoms with van der Waals surface area (Å²) < 4.78 is 5.69. The topological polar surface area (TPSA) is 9.23 Å². The van der Waals surface area contributed by atoms with Crippen LogP contribution in [0.25, 0.3) is 0 Å². The lowest BCUT2D eigenvalue weighted by Gasteiger charge is -2.15. The molecule has 0 aliphatic rings. The zero-order chi connectivity index (χ0) is 13.8. The van der Waals surface area contributed by atoms with Gasteiger partial charge in [0, 0.05) is 13.2 Å². The number of hydrogen-bond acceptors (Lipinski definition) is 1. The SMILES string of the molecule is [CH2]CCCCCOCCCC(CC)c1ccccc1. The molecule has 0 aliphatic heterocycles. The molecule has 1 aromatic carbocycles. The van der Waals surface area contributed by atoms with Crippen LogP contribution in [-0.4, -0.2) is 13.2 Å². The summed E-state index contributed by atoms with van der Waals surface area (Å²) in [5, 5.41) is 0. The Morgan fingerprint density at radius 3 is 2.42 bits per heavy atom. The zero-order valence-electron chi connectivity index (χ0n) is 12.4. The van der Waals surface area contributed by atoms with Crippen LogP contribution in [-0.2, 0) is 4.74 Å². The van der Waals surface area contributed by atoms with Crippen molar-refractivity contribution in [2.45, 2.75) is 57.8 Å². The zero-order valence-corrected chi connectivity index (χ0v) is 12.4. The molecule has 0 heterocycles. The second kappa shape index (κ2) is 11.0. The maximum absolute atomic E-state index is 5.69. The van der Waals surface area contributed by atoms with E-state index in [9.17, 15) is 0 Å². The van der Waals surface area contributed by atoms with Crippen LogP contribution in [0.5, 0.6) is 0 Å². The molecule has 0 aromatic heterocycles. The third-order valence-electron chi connectivity index (χ3n) is 3.64. The van der Waals surface area contributed by atoms with Gasteiger partial charge < -0.3 is 4.74 Å². The summed E-state index contributed by atoms with van der Waals surface area (Å²) in [5.74, 6) is 0.691. The Morgan fingerprint density at radius 1 is 1.00 bits per heavy atom. The van der Waals surface area contributed by atoms with Crippen molar-refractivity contribution in [2.24, 2.45) is 0 Å². The van der Waals surface area contributed by atoms with Crippen LogP contribution in [0.15, 0.2) is 30.3 Å². The fourth-order valence-electron chi connectivity index (χ4n) is 2.42. The number of benzene rings is 1. The first-order chi connectivity index (χ1) is 9.38. The Balaban J connectivity index is 2.07. The Labute approximate surface area is 119 Å². The second-order valence-corrected chi connectivity index (χ2v) is 5.18. The van der Waals surface area contributed by atoms with Gasteiger partial charge in [-0.2, -0.15) is 0 Å². The van der Waals surface area contributed by atoms with Gasteiger partial charge >= 0.3 is 0 Å². The van der Waals surface area contributed by atoms with Gasteiger partial charge in [0.1, 0.15) is 0 Å². The molecule has 19 heavy (non-hydrogen) atoms. The lowest BCUT2D eigenvalue weighted by atomic mass is 9.92. The van der Waals surface area contributed by atoms with Crippen molar-refractivity contribution in [3.8, 4) is 0 Å². The van der Waals surface area contributed by atoms with Crippen LogP contribution in [0.2, 0.25) is 0 Å². The number of rotatable bonds is 11. The maximum Gasteiger partial charge on any atom is 0.0466 e. The predicted octanol–water partition coefficient (Wildman–Crippen LogP) is 5.37. The van der Waals surface area contributed by atoms with Gasteiger partial charge in [-0.05, 0) is 37.2 Å². The van der Waals surface area contributed by atoms with E-state index < -0.39 is 0 Å².